The Labute approximate surface area is 637 Å². The van der Waals surface area contributed by atoms with Gasteiger partial charge in [0.2, 0.25) is 0 Å². The summed E-state index contributed by atoms with van der Waals surface area (Å²) in [5, 5.41) is 37.8. The summed E-state index contributed by atoms with van der Waals surface area (Å²) in [7, 11) is 0. The summed E-state index contributed by atoms with van der Waals surface area (Å²) in [5.74, 6) is -3.80. The quantitative estimate of drug-likeness (QED) is 0.0551. The third-order valence-corrected chi connectivity index (χ3v) is 20.6. The maximum atomic E-state index is 11.5. The van der Waals surface area contributed by atoms with Crippen molar-refractivity contribution < 1.29 is 39.6 Å². The van der Waals surface area contributed by atoms with E-state index in [4.69, 9.17) is 0 Å². The van der Waals surface area contributed by atoms with E-state index in [0.29, 0.717) is 0 Å². The largest absolute Gasteiger partial charge is 0.478 e. The number of hydrogen-bond acceptors (Lipinski definition) is 4. The molecular weight excluding hydrogens is 1350 g/mol. The minimum atomic E-state index is -0.951. The van der Waals surface area contributed by atoms with E-state index < -0.39 is 23.9 Å². The molecule has 0 aliphatic carbocycles. The SMILES string of the molecule is O=C(O)c1ccc(-c2ccc(-c3ccc(-c4ccc(C(=C(c5ccc(-c6ccc(-c7ccc(-c8ccc(C(=O)O)cc8)cc7)cc6)cc5)c5ccc(-c6ccc(-c7ccc(-c8ccc(C(=O)O)cc8)cc7)cc6)cc5)c5ccc(-c6ccc(-c7ccc(-c8ccc(C(=O)O)cc8)cc7)cc6)cc5)cc4)cc3)cc2)cc1. The summed E-state index contributed by atoms with van der Waals surface area (Å²) in [4.78, 5) is 46.0. The lowest BCUT2D eigenvalue weighted by molar-refractivity contribution is 0.0686. The summed E-state index contributed by atoms with van der Waals surface area (Å²) < 4.78 is 0. The van der Waals surface area contributed by atoms with Crippen molar-refractivity contribution >= 4 is 35.0 Å². The lowest BCUT2D eigenvalue weighted by Gasteiger charge is -2.20. The molecule has 0 atom stereocenters. The summed E-state index contributed by atoms with van der Waals surface area (Å²) >= 11 is 0. The molecule has 0 unspecified atom stereocenters. The first kappa shape index (κ1) is 69.5. The van der Waals surface area contributed by atoms with E-state index in [0.717, 1.165) is 167 Å². The van der Waals surface area contributed by atoms with Gasteiger partial charge in [-0.15, -0.1) is 0 Å². The Hall–Kier alpha value is -14.9. The minimum Gasteiger partial charge on any atom is -0.478 e. The van der Waals surface area contributed by atoms with Crippen LogP contribution in [0.1, 0.15) is 63.7 Å². The van der Waals surface area contributed by atoms with Crippen LogP contribution in [-0.2, 0) is 0 Å². The van der Waals surface area contributed by atoms with E-state index in [1.807, 2.05) is 48.5 Å². The van der Waals surface area contributed by atoms with Crippen molar-refractivity contribution in [2.45, 2.75) is 0 Å². The average Bonchev–Trinajstić information content (AvgIpc) is 0.769. The number of benzene rings is 16. The molecule has 524 valence electrons. The van der Waals surface area contributed by atoms with Gasteiger partial charge >= 0.3 is 23.9 Å². The lowest BCUT2D eigenvalue weighted by atomic mass is 9.84. The number of carbonyl (C=O) groups is 4. The first-order valence-corrected chi connectivity index (χ1v) is 36.1. The summed E-state index contributed by atoms with van der Waals surface area (Å²) in [6, 6.07) is 131. The Bertz CT molecular complexity index is 5290. The maximum absolute atomic E-state index is 11.5. The first-order chi connectivity index (χ1) is 53.7. The predicted molar refractivity (Wildman–Crippen MR) is 444 cm³/mol. The van der Waals surface area contributed by atoms with Crippen LogP contribution in [-0.4, -0.2) is 44.3 Å². The molecule has 0 saturated carbocycles. The average molecular weight is 1420 g/mol. The highest BCUT2D eigenvalue weighted by Gasteiger charge is 2.20. The second-order valence-corrected chi connectivity index (χ2v) is 27.2. The molecule has 16 aromatic carbocycles. The van der Waals surface area contributed by atoms with Crippen molar-refractivity contribution in [3.05, 3.63) is 433 Å². The van der Waals surface area contributed by atoms with Gasteiger partial charge in [0.25, 0.3) is 0 Å². The van der Waals surface area contributed by atoms with Crippen LogP contribution in [0.2, 0.25) is 0 Å². The smallest absolute Gasteiger partial charge is 0.335 e. The molecule has 0 heterocycles. The highest BCUT2D eigenvalue weighted by molar-refractivity contribution is 6.05. The predicted octanol–water partition coefficient (Wildman–Crippen LogP) is 25.5. The molecular formula is C102H68O8. The van der Waals surface area contributed by atoms with E-state index in [1.54, 1.807) is 48.5 Å². The van der Waals surface area contributed by atoms with Gasteiger partial charge in [0, 0.05) is 0 Å². The van der Waals surface area contributed by atoms with Gasteiger partial charge in [-0.2, -0.15) is 0 Å². The topological polar surface area (TPSA) is 149 Å². The zero-order chi connectivity index (χ0) is 75.2. The highest BCUT2D eigenvalue weighted by Crippen LogP contribution is 2.42. The third kappa shape index (κ3) is 15.1. The third-order valence-electron chi connectivity index (χ3n) is 20.6. The number of carboxylic acid groups (broad SMARTS) is 4. The molecule has 110 heavy (non-hydrogen) atoms. The van der Waals surface area contributed by atoms with Crippen LogP contribution in [0.15, 0.2) is 388 Å². The monoisotopic (exact) mass is 1420 g/mol. The zero-order valence-electron chi connectivity index (χ0n) is 59.4. The molecule has 4 N–H and O–H groups in total. The molecule has 0 fully saturated rings. The van der Waals surface area contributed by atoms with E-state index in [9.17, 15) is 39.6 Å². The molecule has 0 aliphatic heterocycles. The van der Waals surface area contributed by atoms with E-state index in [1.165, 1.54) is 0 Å². The van der Waals surface area contributed by atoms with E-state index in [-0.39, 0.29) is 22.3 Å². The van der Waals surface area contributed by atoms with Crippen molar-refractivity contribution in [3.63, 3.8) is 0 Å². The standard InChI is InChI=1S/C102H68O8/c103-99(104)93-57-41-85(42-58-93)77-25-9-69(10-26-77)65-1-17-73(18-2-65)81-33-49-89(50-34-81)97(90-51-35-82(36-52-90)74-19-3-66(4-20-74)70-11-27-78(28-12-70)86-43-59-94(60-44-86)100(105)106)98(91-53-37-83(38-54-91)75-21-5-67(6-22-75)71-13-29-79(30-14-71)87-45-61-95(62-46-87)101(107)108)92-55-39-84(40-56-92)76-23-7-68(8-24-76)72-15-31-80(32-16-72)88-47-63-96(64-48-88)102(109)110/h1-64H,(H,103,104)(H,105,106)(H,107,108)(H,109,110). The molecule has 8 nitrogen and oxygen atoms in total. The molecule has 0 radical (unpaired) electrons. The molecule has 0 amide bonds. The summed E-state index contributed by atoms with van der Waals surface area (Å²) in [5.41, 5.74) is 32.2. The highest BCUT2D eigenvalue weighted by atomic mass is 16.4. The van der Waals surface area contributed by atoms with Gasteiger partial charge in [0.1, 0.15) is 0 Å². The van der Waals surface area contributed by atoms with Crippen molar-refractivity contribution in [2.75, 3.05) is 0 Å². The molecule has 0 aromatic heterocycles. The van der Waals surface area contributed by atoms with Crippen LogP contribution in [0.5, 0.6) is 0 Å². The lowest BCUT2D eigenvalue weighted by Crippen LogP contribution is -1.98. The summed E-state index contributed by atoms with van der Waals surface area (Å²) in [6.45, 7) is 0. The van der Waals surface area contributed by atoms with Gasteiger partial charge in [-0.25, -0.2) is 19.2 Å². The van der Waals surface area contributed by atoms with Gasteiger partial charge in [0.15, 0.2) is 0 Å². The van der Waals surface area contributed by atoms with Crippen LogP contribution in [0.3, 0.4) is 0 Å². The van der Waals surface area contributed by atoms with E-state index >= 15 is 0 Å². The van der Waals surface area contributed by atoms with Crippen LogP contribution >= 0.6 is 0 Å². The maximum Gasteiger partial charge on any atom is 0.335 e. The molecule has 8 heteroatoms. The second-order valence-electron chi connectivity index (χ2n) is 27.2. The van der Waals surface area contributed by atoms with Gasteiger partial charge < -0.3 is 20.4 Å². The van der Waals surface area contributed by atoms with Crippen molar-refractivity contribution in [1.82, 2.24) is 0 Å². The fourth-order valence-corrected chi connectivity index (χ4v) is 14.3. The normalized spacial score (nSPS) is 11.0. The first-order valence-electron chi connectivity index (χ1n) is 36.1. The Kier molecular flexibility index (Phi) is 19.4. The van der Waals surface area contributed by atoms with Gasteiger partial charge in [0.05, 0.1) is 22.3 Å². The van der Waals surface area contributed by atoms with Gasteiger partial charge in [-0.1, -0.05) is 340 Å². The van der Waals surface area contributed by atoms with Crippen LogP contribution in [0.25, 0.3) is 145 Å². The fourth-order valence-electron chi connectivity index (χ4n) is 14.3. The molecule has 16 aromatic rings. The van der Waals surface area contributed by atoms with Crippen molar-refractivity contribution in [2.24, 2.45) is 0 Å². The Morgan fingerprint density at radius 1 is 0.109 bits per heavy atom. The molecule has 0 bridgehead atoms. The van der Waals surface area contributed by atoms with E-state index in [2.05, 4.69) is 291 Å². The summed E-state index contributed by atoms with van der Waals surface area (Å²) in [6.07, 6.45) is 0. The Morgan fingerprint density at radius 2 is 0.173 bits per heavy atom. The zero-order valence-corrected chi connectivity index (χ0v) is 59.4. The molecule has 0 aliphatic rings. The molecule has 0 saturated heterocycles. The minimum absolute atomic E-state index is 0.253. The van der Waals surface area contributed by atoms with Crippen LogP contribution < -0.4 is 0 Å². The Balaban J connectivity index is 0.744. The van der Waals surface area contributed by atoms with Gasteiger partial charge in [-0.3, -0.25) is 0 Å². The number of aromatic carboxylic acids is 4. The Morgan fingerprint density at radius 3 is 0.245 bits per heavy atom. The number of rotatable bonds is 20. The van der Waals surface area contributed by atoms with Crippen LogP contribution in [0.4, 0.5) is 0 Å². The van der Waals surface area contributed by atoms with Crippen molar-refractivity contribution in [3.8, 4) is 134 Å². The number of carboxylic acids is 4. The molecule has 0 spiro atoms. The van der Waals surface area contributed by atoms with Gasteiger partial charge in [-0.05, 0) is 215 Å². The fraction of sp³-hybridized carbons (Fsp3) is 0. The second kappa shape index (κ2) is 30.7. The van der Waals surface area contributed by atoms with Crippen LogP contribution in [0, 0.1) is 0 Å². The van der Waals surface area contributed by atoms with Crippen molar-refractivity contribution in [1.29, 1.82) is 0 Å². The molecule has 16 rings (SSSR count). The number of hydrogen-bond donors (Lipinski definition) is 4.